The molecule has 0 spiro atoms. The molecule has 9 heteroatoms. The van der Waals surface area contributed by atoms with Crippen LogP contribution in [-0.4, -0.2) is 46.8 Å². The van der Waals surface area contributed by atoms with Gasteiger partial charge in [0.1, 0.15) is 11.6 Å². The maximum Gasteiger partial charge on any atom is 0.261 e. The number of ether oxygens (including phenoxy) is 2. The van der Waals surface area contributed by atoms with Gasteiger partial charge in [-0.05, 0) is 37.8 Å². The standard InChI is InChI=1S/C21H24FN5O3/c1-13-23-17-10-15(22)4-5-16(17)20(28)27(13)12-14-6-8-26(9-7-14)21-24-18(29-2)11-19(25-21)30-3/h4-5,10-11,14H,6-9,12H2,1-3H3. The van der Waals surface area contributed by atoms with Crippen molar-refractivity contribution in [1.82, 2.24) is 19.5 Å². The average Bonchev–Trinajstić information content (AvgIpc) is 2.76. The van der Waals surface area contributed by atoms with E-state index < -0.39 is 5.82 Å². The lowest BCUT2D eigenvalue weighted by atomic mass is 9.96. The second-order valence-corrected chi connectivity index (χ2v) is 7.42. The Bertz CT molecular complexity index is 1100. The van der Waals surface area contributed by atoms with Gasteiger partial charge in [0.05, 0.1) is 31.2 Å². The van der Waals surface area contributed by atoms with Crippen LogP contribution in [0, 0.1) is 18.7 Å². The molecule has 3 heterocycles. The first-order chi connectivity index (χ1) is 14.5. The Morgan fingerprint density at radius 3 is 2.37 bits per heavy atom. The van der Waals surface area contributed by atoms with E-state index in [1.54, 1.807) is 31.8 Å². The molecule has 0 N–H and O–H groups in total. The molecule has 1 aromatic carbocycles. The Hall–Kier alpha value is -3.23. The van der Waals surface area contributed by atoms with Gasteiger partial charge in [-0.1, -0.05) is 0 Å². The van der Waals surface area contributed by atoms with Gasteiger partial charge in [0, 0.05) is 25.7 Å². The van der Waals surface area contributed by atoms with Crippen molar-refractivity contribution < 1.29 is 13.9 Å². The number of nitrogens with zero attached hydrogens (tertiary/aromatic N) is 5. The van der Waals surface area contributed by atoms with Gasteiger partial charge in [-0.15, -0.1) is 0 Å². The Morgan fingerprint density at radius 1 is 1.07 bits per heavy atom. The quantitative estimate of drug-likeness (QED) is 0.636. The molecule has 3 aromatic rings. The molecule has 158 valence electrons. The first kappa shape index (κ1) is 20.1. The van der Waals surface area contributed by atoms with Gasteiger partial charge in [-0.3, -0.25) is 9.36 Å². The van der Waals surface area contributed by atoms with Crippen molar-refractivity contribution in [2.45, 2.75) is 26.3 Å². The number of methoxy groups -OCH3 is 2. The molecule has 1 aliphatic rings. The zero-order valence-corrected chi connectivity index (χ0v) is 17.3. The van der Waals surface area contributed by atoms with E-state index in [-0.39, 0.29) is 5.56 Å². The highest BCUT2D eigenvalue weighted by atomic mass is 19.1. The molecule has 0 aliphatic carbocycles. The minimum absolute atomic E-state index is 0.124. The lowest BCUT2D eigenvalue weighted by Gasteiger charge is -2.32. The first-order valence-electron chi connectivity index (χ1n) is 9.87. The van der Waals surface area contributed by atoms with Gasteiger partial charge in [0.15, 0.2) is 0 Å². The molecule has 0 unspecified atom stereocenters. The van der Waals surface area contributed by atoms with Crippen molar-refractivity contribution in [3.05, 3.63) is 46.3 Å². The Morgan fingerprint density at radius 2 is 1.73 bits per heavy atom. The SMILES string of the molecule is COc1cc(OC)nc(N2CCC(Cn3c(C)nc4cc(F)ccc4c3=O)CC2)n1. The minimum Gasteiger partial charge on any atom is -0.481 e. The van der Waals surface area contributed by atoms with Gasteiger partial charge in [-0.2, -0.15) is 9.97 Å². The van der Waals surface area contributed by atoms with Crippen LogP contribution >= 0.6 is 0 Å². The summed E-state index contributed by atoms with van der Waals surface area (Å²) in [4.78, 5) is 28.3. The number of fused-ring (bicyclic) bond motifs is 1. The predicted molar refractivity (Wildman–Crippen MR) is 111 cm³/mol. The lowest BCUT2D eigenvalue weighted by molar-refractivity contribution is 0.342. The predicted octanol–water partition coefficient (Wildman–Crippen LogP) is 2.57. The zero-order chi connectivity index (χ0) is 21.3. The fraction of sp³-hybridized carbons (Fsp3) is 0.429. The summed E-state index contributed by atoms with van der Waals surface area (Å²) in [6.07, 6.45) is 1.77. The molecule has 0 saturated carbocycles. The Balaban J connectivity index is 1.49. The molecule has 4 rings (SSSR count). The monoisotopic (exact) mass is 413 g/mol. The van der Waals surface area contributed by atoms with Crippen LogP contribution in [0.25, 0.3) is 10.9 Å². The van der Waals surface area contributed by atoms with Crippen molar-refractivity contribution >= 4 is 16.9 Å². The first-order valence-corrected chi connectivity index (χ1v) is 9.87. The summed E-state index contributed by atoms with van der Waals surface area (Å²) in [5.74, 6) is 2.02. The summed E-state index contributed by atoms with van der Waals surface area (Å²) in [5.41, 5.74) is 0.272. The third-order valence-corrected chi connectivity index (χ3v) is 5.53. The van der Waals surface area contributed by atoms with Gasteiger partial charge < -0.3 is 14.4 Å². The molecule has 0 radical (unpaired) electrons. The molecular weight excluding hydrogens is 389 g/mol. The van der Waals surface area contributed by atoms with Crippen molar-refractivity contribution in [2.75, 3.05) is 32.2 Å². The molecule has 1 aliphatic heterocycles. The topological polar surface area (TPSA) is 82.4 Å². The van der Waals surface area contributed by atoms with E-state index in [1.807, 2.05) is 0 Å². The van der Waals surface area contributed by atoms with Crippen LogP contribution in [0.2, 0.25) is 0 Å². The highest BCUT2D eigenvalue weighted by Crippen LogP contribution is 2.26. The molecule has 0 bridgehead atoms. The van der Waals surface area contributed by atoms with E-state index >= 15 is 0 Å². The molecule has 0 amide bonds. The number of rotatable bonds is 5. The van der Waals surface area contributed by atoms with Crippen molar-refractivity contribution in [1.29, 1.82) is 0 Å². The summed E-state index contributed by atoms with van der Waals surface area (Å²) in [7, 11) is 3.12. The van der Waals surface area contributed by atoms with Crippen molar-refractivity contribution in [3.8, 4) is 11.8 Å². The summed E-state index contributed by atoms with van der Waals surface area (Å²) in [6.45, 7) is 3.90. The second kappa shape index (κ2) is 8.25. The van der Waals surface area contributed by atoms with Crippen LogP contribution in [0.15, 0.2) is 29.1 Å². The van der Waals surface area contributed by atoms with Gasteiger partial charge in [0.25, 0.3) is 5.56 Å². The molecular formula is C21H24FN5O3. The normalized spacial score (nSPS) is 14.9. The third-order valence-electron chi connectivity index (χ3n) is 5.53. The molecule has 8 nitrogen and oxygen atoms in total. The maximum atomic E-state index is 13.5. The maximum absolute atomic E-state index is 13.5. The molecule has 0 atom stereocenters. The van der Waals surface area contributed by atoms with Gasteiger partial charge >= 0.3 is 0 Å². The largest absolute Gasteiger partial charge is 0.481 e. The van der Waals surface area contributed by atoms with E-state index in [9.17, 15) is 9.18 Å². The van der Waals surface area contributed by atoms with E-state index in [2.05, 4.69) is 19.9 Å². The number of piperidine rings is 1. The second-order valence-electron chi connectivity index (χ2n) is 7.42. The zero-order valence-electron chi connectivity index (χ0n) is 17.3. The van der Waals surface area contributed by atoms with Crippen LogP contribution in [-0.2, 0) is 6.54 Å². The van der Waals surface area contributed by atoms with E-state index in [0.717, 1.165) is 25.9 Å². The number of halogens is 1. The number of anilines is 1. The summed E-state index contributed by atoms with van der Waals surface area (Å²) in [6, 6.07) is 5.75. The lowest BCUT2D eigenvalue weighted by Crippen LogP contribution is -2.37. The molecule has 1 saturated heterocycles. The van der Waals surface area contributed by atoms with Gasteiger partial charge in [0.2, 0.25) is 17.7 Å². The molecule has 1 fully saturated rings. The van der Waals surface area contributed by atoms with Crippen LogP contribution in [0.4, 0.5) is 10.3 Å². The van der Waals surface area contributed by atoms with Crippen molar-refractivity contribution in [2.24, 2.45) is 5.92 Å². The van der Waals surface area contributed by atoms with Crippen molar-refractivity contribution in [3.63, 3.8) is 0 Å². The Kier molecular flexibility index (Phi) is 5.52. The van der Waals surface area contributed by atoms with E-state index in [4.69, 9.17) is 9.47 Å². The summed E-state index contributed by atoms with van der Waals surface area (Å²) < 4.78 is 25.6. The summed E-state index contributed by atoms with van der Waals surface area (Å²) in [5, 5.41) is 0.441. The highest BCUT2D eigenvalue weighted by Gasteiger charge is 2.23. The van der Waals surface area contributed by atoms with Crippen LogP contribution < -0.4 is 19.9 Å². The molecule has 30 heavy (non-hydrogen) atoms. The minimum atomic E-state index is -0.393. The third kappa shape index (κ3) is 3.92. The smallest absolute Gasteiger partial charge is 0.261 e. The number of aromatic nitrogens is 4. The van der Waals surface area contributed by atoms with E-state index in [0.29, 0.717) is 46.9 Å². The number of hydrogen-bond acceptors (Lipinski definition) is 7. The average molecular weight is 413 g/mol. The highest BCUT2D eigenvalue weighted by molar-refractivity contribution is 5.77. The van der Waals surface area contributed by atoms with Gasteiger partial charge in [-0.25, -0.2) is 9.37 Å². The van der Waals surface area contributed by atoms with Crippen LogP contribution in [0.1, 0.15) is 18.7 Å². The van der Waals surface area contributed by atoms with E-state index in [1.165, 1.54) is 18.2 Å². The number of aryl methyl sites for hydroxylation is 1. The number of benzene rings is 1. The summed E-state index contributed by atoms with van der Waals surface area (Å²) >= 11 is 0. The number of hydrogen-bond donors (Lipinski definition) is 0. The Labute approximate surface area is 173 Å². The van der Waals surface area contributed by atoms with Crippen LogP contribution in [0.5, 0.6) is 11.8 Å². The van der Waals surface area contributed by atoms with Crippen LogP contribution in [0.3, 0.4) is 0 Å². The fourth-order valence-corrected chi connectivity index (χ4v) is 3.84. The molecule has 2 aromatic heterocycles. The fourth-order valence-electron chi connectivity index (χ4n) is 3.84.